The molecule has 0 amide bonds. The summed E-state index contributed by atoms with van der Waals surface area (Å²) in [4.78, 5) is 13.3. The van der Waals surface area contributed by atoms with Crippen LogP contribution in [0.15, 0.2) is 12.1 Å². The van der Waals surface area contributed by atoms with Gasteiger partial charge in [-0.15, -0.1) is 0 Å². The molecular formula is C18H23Cl2NO3. The lowest BCUT2D eigenvalue weighted by atomic mass is 9.79. The fourth-order valence-corrected chi connectivity index (χ4v) is 4.53. The van der Waals surface area contributed by atoms with E-state index >= 15 is 0 Å². The first-order valence-electron chi connectivity index (χ1n) is 8.64. The standard InChI is InChI=1S/C18H23Cl2NO3/c19-15-10-12(24-11-17(22)23)9-14(18(15)20)13-5-1-2-6-16(13)21-7-3-4-8-21/h9-10,13,16H,1-8,11H2,(H,22,23). The van der Waals surface area contributed by atoms with Crippen LogP contribution in [0, 0.1) is 0 Å². The minimum atomic E-state index is -1.00. The van der Waals surface area contributed by atoms with Crippen molar-refractivity contribution in [3.05, 3.63) is 27.7 Å². The zero-order valence-corrected chi connectivity index (χ0v) is 15.2. The van der Waals surface area contributed by atoms with Crippen LogP contribution in [-0.4, -0.2) is 41.7 Å². The van der Waals surface area contributed by atoms with E-state index in [0.29, 0.717) is 27.8 Å². The van der Waals surface area contributed by atoms with E-state index in [-0.39, 0.29) is 6.61 Å². The van der Waals surface area contributed by atoms with Gasteiger partial charge in [0, 0.05) is 18.0 Å². The molecule has 1 N–H and O–H groups in total. The van der Waals surface area contributed by atoms with Gasteiger partial charge in [-0.05, 0) is 50.4 Å². The molecule has 3 rings (SSSR count). The predicted molar refractivity (Wildman–Crippen MR) is 95.4 cm³/mol. The summed E-state index contributed by atoms with van der Waals surface area (Å²) in [5.74, 6) is -0.196. The summed E-state index contributed by atoms with van der Waals surface area (Å²) in [5.41, 5.74) is 1.00. The predicted octanol–water partition coefficient (Wildman–Crippen LogP) is 4.58. The highest BCUT2D eigenvalue weighted by Crippen LogP contribution is 2.43. The minimum Gasteiger partial charge on any atom is -0.482 e. The molecule has 2 atom stereocenters. The van der Waals surface area contributed by atoms with Gasteiger partial charge in [-0.3, -0.25) is 4.90 Å². The molecule has 6 heteroatoms. The summed E-state index contributed by atoms with van der Waals surface area (Å²) >= 11 is 12.8. The number of ether oxygens (including phenoxy) is 1. The SMILES string of the molecule is O=C(O)COc1cc(Cl)c(Cl)c(C2CCCCC2N2CCCC2)c1. The van der Waals surface area contributed by atoms with Crippen molar-refractivity contribution < 1.29 is 14.6 Å². The zero-order chi connectivity index (χ0) is 17.1. The molecular weight excluding hydrogens is 349 g/mol. The molecule has 24 heavy (non-hydrogen) atoms. The lowest BCUT2D eigenvalue weighted by Crippen LogP contribution is -2.39. The van der Waals surface area contributed by atoms with Gasteiger partial charge in [0.25, 0.3) is 0 Å². The van der Waals surface area contributed by atoms with E-state index in [4.69, 9.17) is 33.0 Å². The molecule has 0 aromatic heterocycles. The first kappa shape index (κ1) is 17.8. The number of halogens is 2. The fraction of sp³-hybridized carbons (Fsp3) is 0.611. The molecule has 4 nitrogen and oxygen atoms in total. The van der Waals surface area contributed by atoms with Crippen LogP contribution in [-0.2, 0) is 4.79 Å². The normalized spacial score (nSPS) is 24.9. The molecule has 1 saturated carbocycles. The van der Waals surface area contributed by atoms with Gasteiger partial charge in [-0.2, -0.15) is 0 Å². The number of benzene rings is 1. The Hall–Kier alpha value is -0.970. The Bertz CT molecular complexity index is 602. The van der Waals surface area contributed by atoms with Crippen LogP contribution in [0.2, 0.25) is 10.0 Å². The maximum Gasteiger partial charge on any atom is 0.341 e. The van der Waals surface area contributed by atoms with Crippen LogP contribution in [0.1, 0.15) is 50.0 Å². The molecule has 132 valence electrons. The molecule has 1 aromatic carbocycles. The second kappa shape index (κ2) is 7.94. The van der Waals surface area contributed by atoms with E-state index in [2.05, 4.69) is 4.90 Å². The largest absolute Gasteiger partial charge is 0.482 e. The highest BCUT2D eigenvalue weighted by Gasteiger charge is 2.34. The van der Waals surface area contributed by atoms with Crippen molar-refractivity contribution >= 4 is 29.2 Å². The Morgan fingerprint density at radius 1 is 1.17 bits per heavy atom. The highest BCUT2D eigenvalue weighted by molar-refractivity contribution is 6.42. The van der Waals surface area contributed by atoms with Gasteiger partial charge in [-0.1, -0.05) is 36.0 Å². The number of nitrogens with zero attached hydrogens (tertiary/aromatic N) is 1. The van der Waals surface area contributed by atoms with E-state index in [0.717, 1.165) is 25.1 Å². The second-order valence-electron chi connectivity index (χ2n) is 6.69. The number of carboxylic acid groups (broad SMARTS) is 1. The van der Waals surface area contributed by atoms with Crippen molar-refractivity contribution in [1.29, 1.82) is 0 Å². The number of carboxylic acids is 1. The van der Waals surface area contributed by atoms with Gasteiger partial charge >= 0.3 is 5.97 Å². The quantitative estimate of drug-likeness (QED) is 0.822. The molecule has 1 aromatic rings. The lowest BCUT2D eigenvalue weighted by Gasteiger charge is -2.38. The number of hydrogen-bond donors (Lipinski definition) is 1. The van der Waals surface area contributed by atoms with E-state index in [9.17, 15) is 4.79 Å². The van der Waals surface area contributed by atoms with E-state index in [1.54, 1.807) is 6.07 Å². The summed E-state index contributed by atoms with van der Waals surface area (Å²) in [5, 5.41) is 9.82. The van der Waals surface area contributed by atoms with Crippen molar-refractivity contribution in [2.45, 2.75) is 50.5 Å². The van der Waals surface area contributed by atoms with E-state index in [1.165, 1.54) is 32.1 Å². The van der Waals surface area contributed by atoms with Gasteiger partial charge in [-0.25, -0.2) is 4.79 Å². The average molecular weight is 372 g/mol. The van der Waals surface area contributed by atoms with Crippen molar-refractivity contribution in [2.24, 2.45) is 0 Å². The molecule has 0 spiro atoms. The summed E-state index contributed by atoms with van der Waals surface area (Å²) in [6.07, 6.45) is 7.22. The third kappa shape index (κ3) is 3.98. The minimum absolute atomic E-state index is 0.329. The Labute approximate surface area is 152 Å². The molecule has 0 radical (unpaired) electrons. The van der Waals surface area contributed by atoms with Crippen molar-refractivity contribution in [2.75, 3.05) is 19.7 Å². The zero-order valence-electron chi connectivity index (χ0n) is 13.6. The van der Waals surface area contributed by atoms with Crippen LogP contribution >= 0.6 is 23.2 Å². The van der Waals surface area contributed by atoms with Crippen molar-refractivity contribution in [3.8, 4) is 5.75 Å². The first-order valence-corrected chi connectivity index (χ1v) is 9.39. The van der Waals surface area contributed by atoms with E-state index < -0.39 is 5.97 Å². The maximum atomic E-state index is 10.7. The average Bonchev–Trinajstić information content (AvgIpc) is 3.10. The van der Waals surface area contributed by atoms with Gasteiger partial charge in [0.05, 0.1) is 10.0 Å². The van der Waals surface area contributed by atoms with Crippen molar-refractivity contribution in [1.82, 2.24) is 4.90 Å². The molecule has 1 aliphatic carbocycles. The Balaban J connectivity index is 1.88. The first-order chi connectivity index (χ1) is 11.6. The molecule has 2 fully saturated rings. The lowest BCUT2D eigenvalue weighted by molar-refractivity contribution is -0.139. The number of carbonyl (C=O) groups is 1. The smallest absolute Gasteiger partial charge is 0.341 e. The van der Waals surface area contributed by atoms with Crippen LogP contribution in [0.3, 0.4) is 0 Å². The highest BCUT2D eigenvalue weighted by atomic mass is 35.5. The molecule has 1 heterocycles. The van der Waals surface area contributed by atoms with Gasteiger partial charge in [0.2, 0.25) is 0 Å². The third-order valence-corrected chi connectivity index (χ3v) is 5.95. The van der Waals surface area contributed by atoms with Crippen LogP contribution in [0.5, 0.6) is 5.75 Å². The molecule has 1 aliphatic heterocycles. The summed E-state index contributed by atoms with van der Waals surface area (Å²) in [7, 11) is 0. The molecule has 0 bridgehead atoms. The summed E-state index contributed by atoms with van der Waals surface area (Å²) in [6.45, 7) is 1.93. The topological polar surface area (TPSA) is 49.8 Å². The maximum absolute atomic E-state index is 10.7. The number of hydrogen-bond acceptors (Lipinski definition) is 3. The fourth-order valence-electron chi connectivity index (χ4n) is 4.07. The molecule has 1 saturated heterocycles. The molecule has 2 aliphatic rings. The van der Waals surface area contributed by atoms with Gasteiger partial charge in [0.1, 0.15) is 5.75 Å². The number of aliphatic carboxylic acids is 1. The Morgan fingerprint density at radius 2 is 1.88 bits per heavy atom. The molecule has 2 unspecified atom stereocenters. The summed E-state index contributed by atoms with van der Waals surface area (Å²) in [6, 6.07) is 3.98. The Morgan fingerprint density at radius 3 is 2.58 bits per heavy atom. The van der Waals surface area contributed by atoms with Crippen LogP contribution in [0.25, 0.3) is 0 Å². The van der Waals surface area contributed by atoms with E-state index in [1.807, 2.05) is 6.07 Å². The second-order valence-corrected chi connectivity index (χ2v) is 7.48. The third-order valence-electron chi connectivity index (χ3n) is 5.13. The van der Waals surface area contributed by atoms with Crippen LogP contribution in [0.4, 0.5) is 0 Å². The monoisotopic (exact) mass is 371 g/mol. The summed E-state index contributed by atoms with van der Waals surface area (Å²) < 4.78 is 5.34. The number of rotatable bonds is 5. The van der Waals surface area contributed by atoms with Crippen molar-refractivity contribution in [3.63, 3.8) is 0 Å². The van der Waals surface area contributed by atoms with Crippen LogP contribution < -0.4 is 4.74 Å². The van der Waals surface area contributed by atoms with Gasteiger partial charge < -0.3 is 9.84 Å². The Kier molecular flexibility index (Phi) is 5.90. The number of likely N-dealkylation sites (tertiary alicyclic amines) is 1. The van der Waals surface area contributed by atoms with Gasteiger partial charge in [0.15, 0.2) is 6.61 Å².